The van der Waals surface area contributed by atoms with Crippen LogP contribution in [0.4, 0.5) is 0 Å². The van der Waals surface area contributed by atoms with Gasteiger partial charge in [0, 0.05) is 18.1 Å². The van der Waals surface area contributed by atoms with Crippen LogP contribution in [0.5, 0.6) is 0 Å². The summed E-state index contributed by atoms with van der Waals surface area (Å²) in [7, 11) is 2.20. The van der Waals surface area contributed by atoms with Crippen LogP contribution in [0.25, 0.3) is 0 Å². The normalized spacial score (nSPS) is 25.3. The molecule has 3 nitrogen and oxygen atoms in total. The van der Waals surface area contributed by atoms with Gasteiger partial charge in [0.1, 0.15) is 0 Å². The van der Waals surface area contributed by atoms with E-state index in [0.717, 1.165) is 13.0 Å². The highest BCUT2D eigenvalue weighted by molar-refractivity contribution is 4.85. The molecule has 1 aliphatic heterocycles. The number of piperidine rings is 1. The standard InChI is InChI=1S/C11H25N3/c1-11(2,6-7-12)13-10-5-4-8-14(3)9-10/h10,13H,4-9,12H2,1-3H3. The van der Waals surface area contributed by atoms with E-state index in [1.165, 1.54) is 25.9 Å². The molecule has 1 unspecified atom stereocenters. The van der Waals surface area contributed by atoms with E-state index in [1.54, 1.807) is 0 Å². The Morgan fingerprint density at radius 1 is 1.50 bits per heavy atom. The number of hydrogen-bond donors (Lipinski definition) is 2. The van der Waals surface area contributed by atoms with Crippen LogP contribution in [0.2, 0.25) is 0 Å². The van der Waals surface area contributed by atoms with Crippen molar-refractivity contribution in [3.05, 3.63) is 0 Å². The number of hydrogen-bond acceptors (Lipinski definition) is 3. The number of nitrogens with two attached hydrogens (primary N) is 1. The Labute approximate surface area is 88.0 Å². The van der Waals surface area contributed by atoms with Gasteiger partial charge in [-0.25, -0.2) is 0 Å². The summed E-state index contributed by atoms with van der Waals surface area (Å²) in [6, 6.07) is 0.648. The lowest BCUT2D eigenvalue weighted by molar-refractivity contribution is 0.193. The first kappa shape index (κ1) is 12.0. The summed E-state index contributed by atoms with van der Waals surface area (Å²) < 4.78 is 0. The smallest absolute Gasteiger partial charge is 0.0200 e. The van der Waals surface area contributed by atoms with Gasteiger partial charge in [-0.2, -0.15) is 0 Å². The molecule has 0 spiro atoms. The van der Waals surface area contributed by atoms with Crippen molar-refractivity contribution in [2.24, 2.45) is 5.73 Å². The third-order valence-electron chi connectivity index (χ3n) is 2.99. The van der Waals surface area contributed by atoms with E-state index in [1.807, 2.05) is 0 Å². The second-order valence-corrected chi connectivity index (χ2v) is 5.17. The van der Waals surface area contributed by atoms with Crippen LogP contribution < -0.4 is 11.1 Å². The lowest BCUT2D eigenvalue weighted by Gasteiger charge is -2.37. The molecule has 0 aromatic carbocycles. The average molecular weight is 199 g/mol. The summed E-state index contributed by atoms with van der Waals surface area (Å²) in [5, 5.41) is 3.70. The van der Waals surface area contributed by atoms with Gasteiger partial charge in [0.05, 0.1) is 0 Å². The Balaban J connectivity index is 2.34. The summed E-state index contributed by atoms with van der Waals surface area (Å²) in [4.78, 5) is 2.40. The Kier molecular flexibility index (Phi) is 4.35. The SMILES string of the molecule is CN1CCCC(NC(C)(C)CCN)C1. The first-order valence-corrected chi connectivity index (χ1v) is 5.70. The molecule has 0 aromatic heterocycles. The molecule has 1 fully saturated rings. The predicted octanol–water partition coefficient (Wildman–Crippen LogP) is 0.798. The zero-order valence-electron chi connectivity index (χ0n) is 9.84. The van der Waals surface area contributed by atoms with Gasteiger partial charge in [-0.3, -0.25) is 0 Å². The van der Waals surface area contributed by atoms with Crippen LogP contribution in [0.15, 0.2) is 0 Å². The van der Waals surface area contributed by atoms with E-state index in [9.17, 15) is 0 Å². The zero-order valence-corrected chi connectivity index (χ0v) is 9.84. The van der Waals surface area contributed by atoms with E-state index in [0.29, 0.717) is 6.04 Å². The molecule has 0 amide bonds. The minimum Gasteiger partial charge on any atom is -0.330 e. The lowest BCUT2D eigenvalue weighted by atomic mass is 9.96. The fraction of sp³-hybridized carbons (Fsp3) is 1.00. The molecule has 3 heteroatoms. The molecule has 0 saturated carbocycles. The second-order valence-electron chi connectivity index (χ2n) is 5.17. The van der Waals surface area contributed by atoms with Gasteiger partial charge in [0.25, 0.3) is 0 Å². The molecule has 0 aliphatic carbocycles. The van der Waals surface area contributed by atoms with Crippen LogP contribution in [-0.2, 0) is 0 Å². The minimum absolute atomic E-state index is 0.192. The highest BCUT2D eigenvalue weighted by Crippen LogP contribution is 2.14. The Hall–Kier alpha value is -0.120. The second kappa shape index (κ2) is 5.10. The fourth-order valence-corrected chi connectivity index (χ4v) is 2.27. The van der Waals surface area contributed by atoms with Crippen molar-refractivity contribution in [1.29, 1.82) is 0 Å². The maximum absolute atomic E-state index is 5.60. The number of rotatable bonds is 4. The van der Waals surface area contributed by atoms with E-state index < -0.39 is 0 Å². The maximum atomic E-state index is 5.60. The maximum Gasteiger partial charge on any atom is 0.0200 e. The predicted molar refractivity (Wildman–Crippen MR) is 61.4 cm³/mol. The first-order valence-electron chi connectivity index (χ1n) is 5.70. The van der Waals surface area contributed by atoms with Crippen molar-refractivity contribution in [2.45, 2.75) is 44.7 Å². The van der Waals surface area contributed by atoms with E-state index >= 15 is 0 Å². The van der Waals surface area contributed by atoms with E-state index in [4.69, 9.17) is 5.73 Å². The van der Waals surface area contributed by atoms with Crippen LogP contribution in [0, 0.1) is 0 Å². The highest BCUT2D eigenvalue weighted by atomic mass is 15.1. The molecular weight excluding hydrogens is 174 g/mol. The molecule has 0 radical (unpaired) electrons. The van der Waals surface area contributed by atoms with E-state index in [2.05, 4.69) is 31.1 Å². The molecule has 3 N–H and O–H groups in total. The van der Waals surface area contributed by atoms with Gasteiger partial charge in [-0.05, 0) is 53.2 Å². The Morgan fingerprint density at radius 3 is 2.79 bits per heavy atom. The van der Waals surface area contributed by atoms with Gasteiger partial charge in [0.2, 0.25) is 0 Å². The molecule has 1 aliphatic rings. The minimum atomic E-state index is 0.192. The average Bonchev–Trinajstić information content (AvgIpc) is 2.02. The van der Waals surface area contributed by atoms with Crippen LogP contribution in [0.1, 0.15) is 33.1 Å². The molecule has 84 valence electrons. The van der Waals surface area contributed by atoms with Crippen molar-refractivity contribution in [3.63, 3.8) is 0 Å². The Morgan fingerprint density at radius 2 is 2.21 bits per heavy atom. The van der Waals surface area contributed by atoms with Gasteiger partial charge in [-0.1, -0.05) is 0 Å². The molecule has 1 rings (SSSR count). The fourth-order valence-electron chi connectivity index (χ4n) is 2.27. The van der Waals surface area contributed by atoms with E-state index in [-0.39, 0.29) is 5.54 Å². The number of likely N-dealkylation sites (N-methyl/N-ethyl adjacent to an activating group) is 1. The van der Waals surface area contributed by atoms with Gasteiger partial charge >= 0.3 is 0 Å². The molecule has 1 saturated heterocycles. The molecule has 1 atom stereocenters. The molecule has 0 bridgehead atoms. The third kappa shape index (κ3) is 3.95. The van der Waals surface area contributed by atoms with Crippen LogP contribution in [-0.4, -0.2) is 43.2 Å². The lowest BCUT2D eigenvalue weighted by Crippen LogP contribution is -2.52. The van der Waals surface area contributed by atoms with Gasteiger partial charge < -0.3 is 16.0 Å². The zero-order chi connectivity index (χ0) is 10.6. The summed E-state index contributed by atoms with van der Waals surface area (Å²) in [6.45, 7) is 7.68. The van der Waals surface area contributed by atoms with Gasteiger partial charge in [0.15, 0.2) is 0 Å². The molecular formula is C11H25N3. The van der Waals surface area contributed by atoms with Crippen molar-refractivity contribution in [2.75, 3.05) is 26.7 Å². The number of nitrogens with zero attached hydrogens (tertiary/aromatic N) is 1. The molecule has 0 aromatic rings. The first-order chi connectivity index (χ1) is 6.53. The third-order valence-corrected chi connectivity index (χ3v) is 2.99. The monoisotopic (exact) mass is 199 g/mol. The highest BCUT2D eigenvalue weighted by Gasteiger charge is 2.24. The molecule has 1 heterocycles. The number of nitrogens with one attached hydrogen (secondary N) is 1. The summed E-state index contributed by atoms with van der Waals surface area (Å²) in [5.41, 5.74) is 5.79. The van der Waals surface area contributed by atoms with Crippen molar-refractivity contribution in [3.8, 4) is 0 Å². The van der Waals surface area contributed by atoms with Crippen molar-refractivity contribution < 1.29 is 0 Å². The molecule has 14 heavy (non-hydrogen) atoms. The summed E-state index contributed by atoms with van der Waals surface area (Å²) in [6.07, 6.45) is 3.67. The Bertz CT molecular complexity index is 168. The quantitative estimate of drug-likeness (QED) is 0.703. The summed E-state index contributed by atoms with van der Waals surface area (Å²) >= 11 is 0. The van der Waals surface area contributed by atoms with Crippen LogP contribution >= 0.6 is 0 Å². The largest absolute Gasteiger partial charge is 0.330 e. The summed E-state index contributed by atoms with van der Waals surface area (Å²) in [5.74, 6) is 0. The van der Waals surface area contributed by atoms with Crippen molar-refractivity contribution >= 4 is 0 Å². The van der Waals surface area contributed by atoms with Crippen molar-refractivity contribution in [1.82, 2.24) is 10.2 Å². The van der Waals surface area contributed by atoms with Crippen LogP contribution in [0.3, 0.4) is 0 Å². The topological polar surface area (TPSA) is 41.3 Å². The van der Waals surface area contributed by atoms with Gasteiger partial charge in [-0.15, -0.1) is 0 Å². The number of likely N-dealkylation sites (tertiary alicyclic amines) is 1.